The highest BCUT2D eigenvalue weighted by molar-refractivity contribution is 7.92. The van der Waals surface area contributed by atoms with Crippen LogP contribution in [-0.2, 0) is 26.2 Å². The molecule has 36 heavy (non-hydrogen) atoms. The molecule has 0 amide bonds. The summed E-state index contributed by atoms with van der Waals surface area (Å²) in [5.41, 5.74) is -2.49. The summed E-state index contributed by atoms with van der Waals surface area (Å²) in [6.45, 7) is -0.239. The zero-order valence-electron chi connectivity index (χ0n) is 18.4. The van der Waals surface area contributed by atoms with Gasteiger partial charge in [0.1, 0.15) is 11.8 Å². The van der Waals surface area contributed by atoms with Crippen molar-refractivity contribution in [1.29, 1.82) is 0 Å². The van der Waals surface area contributed by atoms with Gasteiger partial charge in [0.2, 0.25) is 0 Å². The van der Waals surface area contributed by atoms with Gasteiger partial charge in [-0.1, -0.05) is 24.3 Å². The molecule has 4 aromatic rings. The van der Waals surface area contributed by atoms with Crippen LogP contribution in [0.25, 0.3) is 10.9 Å². The first-order valence-corrected chi connectivity index (χ1v) is 11.9. The van der Waals surface area contributed by atoms with Crippen molar-refractivity contribution in [2.45, 2.75) is 23.9 Å². The summed E-state index contributed by atoms with van der Waals surface area (Å²) in [4.78, 5) is 50.0. The van der Waals surface area contributed by atoms with Gasteiger partial charge >= 0.3 is 17.6 Å². The number of carbonyl (C=O) groups is 2. The molecule has 186 valence electrons. The van der Waals surface area contributed by atoms with E-state index >= 15 is 0 Å². The zero-order chi connectivity index (χ0) is 26.0. The average Bonchev–Trinajstić information content (AvgIpc) is 3.34. The highest BCUT2D eigenvalue weighted by atomic mass is 32.2. The number of carboxylic acid groups (broad SMARTS) is 2. The molecule has 0 bridgehead atoms. The second kappa shape index (κ2) is 9.54. The number of anilines is 1. The lowest BCUT2D eigenvalue weighted by Gasteiger charge is -2.19. The van der Waals surface area contributed by atoms with Crippen LogP contribution in [-0.4, -0.2) is 39.7 Å². The molecule has 3 N–H and O–H groups in total. The summed E-state index contributed by atoms with van der Waals surface area (Å²) in [6.07, 6.45) is 0.289. The molecule has 0 saturated carbocycles. The number of nitrogens with one attached hydrogen (secondary N) is 1. The average molecular weight is 513 g/mol. The Morgan fingerprint density at radius 3 is 2.31 bits per heavy atom. The van der Waals surface area contributed by atoms with Crippen molar-refractivity contribution in [2.75, 3.05) is 4.72 Å². The minimum absolute atomic E-state index is 0.00891. The molecule has 13 heteroatoms. The maximum atomic E-state index is 13.5. The third kappa shape index (κ3) is 4.63. The smallest absolute Gasteiger partial charge is 0.332 e. The molecular weight excluding hydrogens is 494 g/mol. The fourth-order valence-electron chi connectivity index (χ4n) is 3.76. The van der Waals surface area contributed by atoms with E-state index in [1.54, 1.807) is 18.2 Å². The maximum Gasteiger partial charge on any atom is 0.332 e. The van der Waals surface area contributed by atoms with Crippen molar-refractivity contribution in [3.8, 4) is 0 Å². The van der Waals surface area contributed by atoms with E-state index in [0.29, 0.717) is 4.57 Å². The molecule has 0 fully saturated rings. The molecule has 0 aliphatic rings. The molecule has 0 aliphatic heterocycles. The number of fused-ring (bicyclic) bond motifs is 1. The van der Waals surface area contributed by atoms with Gasteiger partial charge in [-0.05, 0) is 36.4 Å². The van der Waals surface area contributed by atoms with Crippen LogP contribution in [0.5, 0.6) is 0 Å². The maximum absolute atomic E-state index is 13.5. The van der Waals surface area contributed by atoms with Crippen LogP contribution < -0.4 is 16.0 Å². The van der Waals surface area contributed by atoms with Crippen LogP contribution in [0, 0.1) is 0 Å². The standard InChI is InChI=1S/C23H19N3O9S/c27-19(28)12-18(22(30)31)26-21(29)20-16(24-36(33,34)15-7-2-1-3-8-15)9-4-10-17(20)25(23(26)32)13-14-6-5-11-35-14/h1-11,18,24H,12-13H2,(H,27,28)(H,30,31). The van der Waals surface area contributed by atoms with Gasteiger partial charge in [-0.3, -0.25) is 18.9 Å². The lowest BCUT2D eigenvalue weighted by molar-refractivity contribution is -0.147. The number of rotatable bonds is 9. The van der Waals surface area contributed by atoms with E-state index in [2.05, 4.69) is 4.72 Å². The van der Waals surface area contributed by atoms with Crippen molar-refractivity contribution in [3.63, 3.8) is 0 Å². The summed E-state index contributed by atoms with van der Waals surface area (Å²) >= 11 is 0. The number of aliphatic carboxylic acids is 2. The van der Waals surface area contributed by atoms with Crippen LogP contribution in [0.2, 0.25) is 0 Å². The molecule has 2 heterocycles. The van der Waals surface area contributed by atoms with E-state index in [4.69, 9.17) is 4.42 Å². The second-order valence-corrected chi connectivity index (χ2v) is 9.38. The van der Waals surface area contributed by atoms with Gasteiger partial charge in [0.15, 0.2) is 0 Å². The minimum atomic E-state index is -4.18. The Balaban J connectivity index is 2.03. The van der Waals surface area contributed by atoms with Gasteiger partial charge < -0.3 is 14.6 Å². The molecule has 2 aromatic carbocycles. The van der Waals surface area contributed by atoms with E-state index in [1.807, 2.05) is 0 Å². The van der Waals surface area contributed by atoms with E-state index in [1.165, 1.54) is 48.7 Å². The van der Waals surface area contributed by atoms with Gasteiger partial charge in [0, 0.05) is 0 Å². The Bertz CT molecular complexity index is 1670. The van der Waals surface area contributed by atoms with Crippen LogP contribution in [0.3, 0.4) is 0 Å². The SMILES string of the molecule is O=C(O)CC(C(=O)O)n1c(=O)c2c(NS(=O)(=O)c3ccccc3)cccc2n(Cc2ccco2)c1=O. The molecule has 1 atom stereocenters. The van der Waals surface area contributed by atoms with Gasteiger partial charge in [-0.25, -0.2) is 22.6 Å². The minimum Gasteiger partial charge on any atom is -0.481 e. The van der Waals surface area contributed by atoms with Crippen LogP contribution in [0.4, 0.5) is 5.69 Å². The fraction of sp³-hybridized carbons (Fsp3) is 0.130. The first kappa shape index (κ1) is 24.5. The molecule has 0 spiro atoms. The molecule has 0 radical (unpaired) electrons. The van der Waals surface area contributed by atoms with Crippen LogP contribution in [0.1, 0.15) is 18.2 Å². The highest BCUT2D eigenvalue weighted by Crippen LogP contribution is 2.24. The highest BCUT2D eigenvalue weighted by Gasteiger charge is 2.30. The van der Waals surface area contributed by atoms with Crippen molar-refractivity contribution in [1.82, 2.24) is 9.13 Å². The number of furan rings is 1. The van der Waals surface area contributed by atoms with E-state index in [0.717, 1.165) is 4.57 Å². The Kier molecular flexibility index (Phi) is 6.49. The lowest BCUT2D eigenvalue weighted by atomic mass is 10.1. The first-order chi connectivity index (χ1) is 17.1. The van der Waals surface area contributed by atoms with Crippen molar-refractivity contribution < 1.29 is 32.6 Å². The largest absolute Gasteiger partial charge is 0.481 e. The Morgan fingerprint density at radius 2 is 1.69 bits per heavy atom. The normalized spacial score (nSPS) is 12.3. The van der Waals surface area contributed by atoms with E-state index < -0.39 is 45.7 Å². The first-order valence-electron chi connectivity index (χ1n) is 10.4. The molecule has 1 unspecified atom stereocenters. The third-order valence-electron chi connectivity index (χ3n) is 5.36. The summed E-state index contributed by atoms with van der Waals surface area (Å²) in [5.74, 6) is -2.99. The Hall–Kier alpha value is -4.65. The van der Waals surface area contributed by atoms with Gasteiger partial charge in [-0.15, -0.1) is 0 Å². The fourth-order valence-corrected chi connectivity index (χ4v) is 4.85. The Morgan fingerprint density at radius 1 is 0.972 bits per heavy atom. The summed E-state index contributed by atoms with van der Waals surface area (Å²) in [7, 11) is -4.18. The Labute approximate surface area is 202 Å². The summed E-state index contributed by atoms with van der Waals surface area (Å²) in [6, 6.07) is 12.5. The third-order valence-corrected chi connectivity index (χ3v) is 6.74. The second-order valence-electron chi connectivity index (χ2n) is 7.69. The van der Waals surface area contributed by atoms with Crippen molar-refractivity contribution >= 4 is 38.6 Å². The van der Waals surface area contributed by atoms with E-state index in [9.17, 15) is 37.8 Å². The van der Waals surface area contributed by atoms with Crippen molar-refractivity contribution in [2.24, 2.45) is 0 Å². The van der Waals surface area contributed by atoms with Crippen LogP contribution >= 0.6 is 0 Å². The monoisotopic (exact) mass is 513 g/mol. The predicted molar refractivity (Wildman–Crippen MR) is 126 cm³/mol. The van der Waals surface area contributed by atoms with E-state index in [-0.39, 0.29) is 33.8 Å². The zero-order valence-corrected chi connectivity index (χ0v) is 19.2. The molecule has 0 saturated heterocycles. The number of hydrogen-bond acceptors (Lipinski definition) is 7. The van der Waals surface area contributed by atoms with Gasteiger partial charge in [0.25, 0.3) is 15.6 Å². The number of carboxylic acids is 2. The number of nitrogens with zero attached hydrogens (tertiary/aromatic N) is 2. The molecule has 12 nitrogen and oxygen atoms in total. The van der Waals surface area contributed by atoms with Gasteiger partial charge in [0.05, 0.1) is 40.7 Å². The lowest BCUT2D eigenvalue weighted by Crippen LogP contribution is -2.45. The molecule has 2 aromatic heterocycles. The number of benzene rings is 2. The number of hydrogen-bond donors (Lipinski definition) is 3. The summed E-state index contributed by atoms with van der Waals surface area (Å²) in [5, 5.41) is 18.5. The molecular formula is C23H19N3O9S. The quantitative estimate of drug-likeness (QED) is 0.300. The molecule has 4 rings (SSSR count). The van der Waals surface area contributed by atoms with Gasteiger partial charge in [-0.2, -0.15) is 0 Å². The van der Waals surface area contributed by atoms with Crippen molar-refractivity contribution in [3.05, 3.63) is 93.5 Å². The number of sulfonamides is 1. The predicted octanol–water partition coefficient (Wildman–Crippen LogP) is 1.71. The topological polar surface area (TPSA) is 178 Å². The summed E-state index contributed by atoms with van der Waals surface area (Å²) < 4.78 is 34.9. The van der Waals surface area contributed by atoms with Crippen LogP contribution in [0.15, 0.2) is 85.8 Å². The number of aromatic nitrogens is 2. The molecule has 0 aliphatic carbocycles.